The third-order valence-electron chi connectivity index (χ3n) is 3.00. The quantitative estimate of drug-likeness (QED) is 0.714. The van der Waals surface area contributed by atoms with Gasteiger partial charge < -0.3 is 0 Å². The number of halogens is 1. The minimum Gasteiger partial charge on any atom is -0.262 e. The maximum absolute atomic E-state index is 13.5. The molecule has 0 aliphatic carbocycles. The first-order valence-electron chi connectivity index (χ1n) is 5.24. The van der Waals surface area contributed by atoms with Crippen molar-refractivity contribution in [1.29, 1.82) is 0 Å². The third-order valence-corrected chi connectivity index (χ3v) is 3.00. The van der Waals surface area contributed by atoms with Crippen LogP contribution in [0.15, 0.2) is 18.5 Å². The molecule has 1 rings (SSSR count). The summed E-state index contributed by atoms with van der Waals surface area (Å²) < 4.78 is 13.5. The van der Waals surface area contributed by atoms with E-state index in [0.29, 0.717) is 0 Å². The molecule has 1 atom stereocenters. The zero-order valence-electron chi connectivity index (χ0n) is 9.18. The molecular weight excluding hydrogens is 177 g/mol. The third kappa shape index (κ3) is 2.11. The van der Waals surface area contributed by atoms with Gasteiger partial charge in [-0.3, -0.25) is 4.98 Å². The molecule has 78 valence electrons. The standard InChI is InChI=1S/C12H18FN/c1-4-7-12(3,5-2)10-6-8-14-9-11(10)13/h6,8-9H,4-5,7H2,1-3H3. The van der Waals surface area contributed by atoms with Crippen molar-refractivity contribution in [3.63, 3.8) is 0 Å². The molecule has 0 amide bonds. The van der Waals surface area contributed by atoms with Gasteiger partial charge in [0, 0.05) is 6.20 Å². The van der Waals surface area contributed by atoms with E-state index in [1.54, 1.807) is 12.3 Å². The predicted molar refractivity (Wildman–Crippen MR) is 56.7 cm³/mol. The van der Waals surface area contributed by atoms with Gasteiger partial charge in [-0.05, 0) is 29.9 Å². The first-order chi connectivity index (χ1) is 6.64. The maximum Gasteiger partial charge on any atom is 0.145 e. The van der Waals surface area contributed by atoms with E-state index in [9.17, 15) is 4.39 Å². The van der Waals surface area contributed by atoms with E-state index in [-0.39, 0.29) is 11.2 Å². The first-order valence-corrected chi connectivity index (χ1v) is 5.24. The van der Waals surface area contributed by atoms with Crippen molar-refractivity contribution in [2.45, 2.75) is 45.4 Å². The van der Waals surface area contributed by atoms with Gasteiger partial charge in [0.25, 0.3) is 0 Å². The van der Waals surface area contributed by atoms with Gasteiger partial charge in [0.1, 0.15) is 5.82 Å². The lowest BCUT2D eigenvalue weighted by Gasteiger charge is -2.28. The summed E-state index contributed by atoms with van der Waals surface area (Å²) in [6.45, 7) is 6.36. The summed E-state index contributed by atoms with van der Waals surface area (Å²) in [5.74, 6) is -0.176. The molecule has 0 radical (unpaired) electrons. The first kappa shape index (κ1) is 11.2. The van der Waals surface area contributed by atoms with Gasteiger partial charge in [-0.2, -0.15) is 0 Å². The molecule has 1 heterocycles. The minimum absolute atomic E-state index is 0.0399. The molecule has 0 saturated heterocycles. The topological polar surface area (TPSA) is 12.9 Å². The van der Waals surface area contributed by atoms with Crippen LogP contribution in [-0.2, 0) is 5.41 Å². The van der Waals surface area contributed by atoms with Crippen molar-refractivity contribution >= 4 is 0 Å². The highest BCUT2D eigenvalue weighted by atomic mass is 19.1. The fraction of sp³-hybridized carbons (Fsp3) is 0.583. The van der Waals surface area contributed by atoms with Gasteiger partial charge in [0.2, 0.25) is 0 Å². The van der Waals surface area contributed by atoms with Crippen molar-refractivity contribution in [2.24, 2.45) is 0 Å². The Balaban J connectivity index is 3.05. The number of aromatic nitrogens is 1. The molecule has 0 spiro atoms. The second-order valence-electron chi connectivity index (χ2n) is 4.02. The average Bonchev–Trinajstić information content (AvgIpc) is 2.18. The summed E-state index contributed by atoms with van der Waals surface area (Å²) in [6.07, 6.45) is 6.03. The van der Waals surface area contributed by atoms with Crippen LogP contribution in [0.4, 0.5) is 4.39 Å². The van der Waals surface area contributed by atoms with E-state index < -0.39 is 0 Å². The Labute approximate surface area is 85.4 Å². The molecule has 1 nitrogen and oxygen atoms in total. The van der Waals surface area contributed by atoms with Crippen LogP contribution >= 0.6 is 0 Å². The molecule has 0 aliphatic rings. The van der Waals surface area contributed by atoms with Gasteiger partial charge in [0.05, 0.1) is 6.20 Å². The van der Waals surface area contributed by atoms with Crippen molar-refractivity contribution in [3.05, 3.63) is 29.8 Å². The van der Waals surface area contributed by atoms with E-state index in [4.69, 9.17) is 0 Å². The monoisotopic (exact) mass is 195 g/mol. The summed E-state index contributed by atoms with van der Waals surface area (Å²) in [5.41, 5.74) is 0.763. The molecule has 14 heavy (non-hydrogen) atoms. The van der Waals surface area contributed by atoms with Crippen molar-refractivity contribution < 1.29 is 4.39 Å². The van der Waals surface area contributed by atoms with Gasteiger partial charge >= 0.3 is 0 Å². The summed E-state index contributed by atoms with van der Waals surface area (Å²) in [7, 11) is 0. The lowest BCUT2D eigenvalue weighted by atomic mass is 9.77. The highest BCUT2D eigenvalue weighted by Gasteiger charge is 2.26. The van der Waals surface area contributed by atoms with E-state index in [0.717, 1.165) is 24.8 Å². The Morgan fingerprint density at radius 1 is 1.43 bits per heavy atom. The van der Waals surface area contributed by atoms with E-state index >= 15 is 0 Å². The zero-order chi connectivity index (χ0) is 10.6. The fourth-order valence-corrected chi connectivity index (χ4v) is 1.92. The lowest BCUT2D eigenvalue weighted by molar-refractivity contribution is 0.393. The van der Waals surface area contributed by atoms with E-state index in [1.807, 2.05) is 0 Å². The predicted octanol–water partition coefficient (Wildman–Crippen LogP) is 3.69. The van der Waals surface area contributed by atoms with Gasteiger partial charge in [-0.25, -0.2) is 4.39 Å². The van der Waals surface area contributed by atoms with Crippen LogP contribution in [0, 0.1) is 5.82 Å². The van der Waals surface area contributed by atoms with Crippen LogP contribution in [0.3, 0.4) is 0 Å². The molecule has 0 saturated carbocycles. The molecule has 2 heteroatoms. The smallest absolute Gasteiger partial charge is 0.145 e. The molecule has 0 fully saturated rings. The van der Waals surface area contributed by atoms with Gasteiger partial charge in [-0.15, -0.1) is 0 Å². The van der Waals surface area contributed by atoms with Crippen molar-refractivity contribution in [3.8, 4) is 0 Å². The van der Waals surface area contributed by atoms with Crippen LogP contribution < -0.4 is 0 Å². The molecule has 0 bridgehead atoms. The number of hydrogen-bond acceptors (Lipinski definition) is 1. The normalized spacial score (nSPS) is 15.1. The van der Waals surface area contributed by atoms with Crippen molar-refractivity contribution in [2.75, 3.05) is 0 Å². The van der Waals surface area contributed by atoms with Crippen LogP contribution in [0.5, 0.6) is 0 Å². The van der Waals surface area contributed by atoms with E-state index in [2.05, 4.69) is 25.8 Å². The lowest BCUT2D eigenvalue weighted by Crippen LogP contribution is -2.22. The van der Waals surface area contributed by atoms with Gasteiger partial charge in [0.15, 0.2) is 0 Å². The number of rotatable bonds is 4. The highest BCUT2D eigenvalue weighted by Crippen LogP contribution is 2.33. The minimum atomic E-state index is -0.176. The van der Waals surface area contributed by atoms with Crippen LogP contribution in [0.1, 0.15) is 45.6 Å². The summed E-state index contributed by atoms with van der Waals surface area (Å²) in [4.78, 5) is 3.78. The summed E-state index contributed by atoms with van der Waals surface area (Å²) in [5, 5.41) is 0. The Bertz CT molecular complexity index is 298. The summed E-state index contributed by atoms with van der Waals surface area (Å²) >= 11 is 0. The molecule has 1 aromatic heterocycles. The molecule has 0 aliphatic heterocycles. The Kier molecular flexibility index (Phi) is 3.62. The molecular formula is C12H18FN. The van der Waals surface area contributed by atoms with E-state index in [1.165, 1.54) is 6.20 Å². The molecule has 1 aromatic rings. The Morgan fingerprint density at radius 3 is 2.64 bits per heavy atom. The molecule has 1 unspecified atom stereocenters. The molecule has 0 aromatic carbocycles. The number of nitrogens with zero attached hydrogens (tertiary/aromatic N) is 1. The van der Waals surface area contributed by atoms with Gasteiger partial charge in [-0.1, -0.05) is 27.2 Å². The largest absolute Gasteiger partial charge is 0.262 e. The zero-order valence-corrected chi connectivity index (χ0v) is 9.18. The Hall–Kier alpha value is -0.920. The second-order valence-corrected chi connectivity index (χ2v) is 4.02. The number of hydrogen-bond donors (Lipinski definition) is 0. The van der Waals surface area contributed by atoms with Crippen LogP contribution in [-0.4, -0.2) is 4.98 Å². The number of pyridine rings is 1. The fourth-order valence-electron chi connectivity index (χ4n) is 1.92. The van der Waals surface area contributed by atoms with Crippen LogP contribution in [0.2, 0.25) is 0 Å². The Morgan fingerprint density at radius 2 is 2.14 bits per heavy atom. The maximum atomic E-state index is 13.5. The highest BCUT2D eigenvalue weighted by molar-refractivity contribution is 5.23. The van der Waals surface area contributed by atoms with Crippen molar-refractivity contribution in [1.82, 2.24) is 4.98 Å². The average molecular weight is 195 g/mol. The summed E-state index contributed by atoms with van der Waals surface area (Å²) in [6, 6.07) is 1.80. The second kappa shape index (κ2) is 4.54. The van der Waals surface area contributed by atoms with Crippen LogP contribution in [0.25, 0.3) is 0 Å². The SMILES string of the molecule is CCCC(C)(CC)c1ccncc1F. The molecule has 0 N–H and O–H groups in total.